The molecule has 0 N–H and O–H groups in total. The van der Waals surface area contributed by atoms with Gasteiger partial charge in [-0.1, -0.05) is 44.2 Å². The van der Waals surface area contributed by atoms with Gasteiger partial charge in [0.25, 0.3) is 0 Å². The highest BCUT2D eigenvalue weighted by Crippen LogP contribution is 2.63. The molecule has 0 amide bonds. The molecule has 0 bridgehead atoms. The van der Waals surface area contributed by atoms with Gasteiger partial charge < -0.3 is 18.9 Å². The number of nitro groups is 1. The predicted molar refractivity (Wildman–Crippen MR) is 137 cm³/mol. The van der Waals surface area contributed by atoms with Gasteiger partial charge in [-0.25, -0.2) is 4.79 Å². The summed E-state index contributed by atoms with van der Waals surface area (Å²) in [4.78, 5) is 23.6. The van der Waals surface area contributed by atoms with E-state index in [9.17, 15) is 14.9 Å². The molecule has 37 heavy (non-hydrogen) atoms. The van der Waals surface area contributed by atoms with Crippen molar-refractivity contribution in [3.05, 3.63) is 58.2 Å². The molecule has 0 aromatic heterocycles. The molecule has 2 saturated heterocycles. The van der Waals surface area contributed by atoms with Crippen molar-refractivity contribution in [1.29, 1.82) is 0 Å². The minimum atomic E-state index is -0.690. The first-order valence-electron chi connectivity index (χ1n) is 13.2. The minimum absolute atomic E-state index is 0.0110. The Balaban J connectivity index is 1.38. The summed E-state index contributed by atoms with van der Waals surface area (Å²) in [6.07, 6.45) is 5.98. The maximum absolute atomic E-state index is 12.7. The van der Waals surface area contributed by atoms with Crippen LogP contribution in [-0.2, 0) is 19.0 Å². The van der Waals surface area contributed by atoms with Gasteiger partial charge in [0.15, 0.2) is 17.6 Å². The van der Waals surface area contributed by atoms with E-state index in [0.29, 0.717) is 24.5 Å². The molecule has 2 aliphatic heterocycles. The van der Waals surface area contributed by atoms with E-state index >= 15 is 0 Å². The van der Waals surface area contributed by atoms with Gasteiger partial charge in [0.2, 0.25) is 0 Å². The van der Waals surface area contributed by atoms with Gasteiger partial charge in [-0.05, 0) is 69.3 Å². The number of esters is 1. The van der Waals surface area contributed by atoms with Crippen molar-refractivity contribution >= 4 is 11.7 Å². The maximum atomic E-state index is 12.7. The highest BCUT2D eigenvalue weighted by atomic mass is 16.7. The van der Waals surface area contributed by atoms with Gasteiger partial charge in [0.1, 0.15) is 6.61 Å². The van der Waals surface area contributed by atoms with Crippen LogP contribution in [0.15, 0.2) is 48.1 Å². The van der Waals surface area contributed by atoms with Crippen molar-refractivity contribution < 1.29 is 28.7 Å². The van der Waals surface area contributed by atoms with Crippen molar-refractivity contribution in [3.8, 4) is 5.75 Å². The molecule has 5 rings (SSSR count). The second-order valence-electron chi connectivity index (χ2n) is 12.0. The average molecular weight is 512 g/mol. The lowest BCUT2D eigenvalue weighted by molar-refractivity contribution is -0.386. The lowest BCUT2D eigenvalue weighted by atomic mass is 9.46. The van der Waals surface area contributed by atoms with Crippen LogP contribution in [0.1, 0.15) is 59.8 Å². The Labute approximate surface area is 218 Å². The molecule has 8 nitrogen and oxygen atoms in total. The molecular formula is C29H37NO7. The summed E-state index contributed by atoms with van der Waals surface area (Å²) < 4.78 is 23.8. The largest absolute Gasteiger partial charge is 0.475 e. The summed E-state index contributed by atoms with van der Waals surface area (Å²) in [5.41, 5.74) is 1.39. The third-order valence-corrected chi connectivity index (χ3v) is 9.33. The van der Waals surface area contributed by atoms with Crippen LogP contribution in [-0.4, -0.2) is 42.1 Å². The lowest BCUT2D eigenvalue weighted by Crippen LogP contribution is -2.62. The van der Waals surface area contributed by atoms with E-state index in [1.54, 1.807) is 18.2 Å². The van der Waals surface area contributed by atoms with Crippen LogP contribution in [0.5, 0.6) is 5.75 Å². The van der Waals surface area contributed by atoms with Crippen LogP contribution < -0.4 is 4.74 Å². The minimum Gasteiger partial charge on any atom is -0.475 e. The Kier molecular flexibility index (Phi) is 6.47. The number of fused-ring (bicyclic) bond motifs is 3. The SMILES string of the molecule is C=C1CC[C@H]2[C@@](C)(CCC3OC(C)(C)OC[C@]32C)C1C/C=C1/C(=O)OC[C@H]1Oc1ccccc1[N+](=O)[O-]. The normalized spacial score (nSPS) is 38.0. The van der Waals surface area contributed by atoms with Gasteiger partial charge in [-0.3, -0.25) is 10.1 Å². The second-order valence-corrected chi connectivity index (χ2v) is 12.0. The van der Waals surface area contributed by atoms with Gasteiger partial charge in [-0.2, -0.15) is 0 Å². The Morgan fingerprint density at radius 3 is 2.70 bits per heavy atom. The lowest BCUT2D eigenvalue weighted by Gasteiger charge is -2.63. The van der Waals surface area contributed by atoms with E-state index in [0.717, 1.165) is 25.7 Å². The standard InChI is InChI=1S/C29H37NO7/c1-18-10-13-24-28(4,15-14-25-29(24,5)17-35-27(2,3)37-25)20(18)12-11-19-23(16-34-26(19)31)36-22-9-7-6-8-21(22)30(32)33/h6-9,11,20,23-25H,1,10,12-17H2,2-5H3/b19-11+/t20?,23-,24+,25?,28+,29+/m1/s1. The fourth-order valence-electron chi connectivity index (χ4n) is 7.37. The van der Waals surface area contributed by atoms with Crippen molar-refractivity contribution in [1.82, 2.24) is 0 Å². The summed E-state index contributed by atoms with van der Waals surface area (Å²) in [5, 5.41) is 11.4. The van der Waals surface area contributed by atoms with Gasteiger partial charge in [0, 0.05) is 11.5 Å². The highest BCUT2D eigenvalue weighted by molar-refractivity contribution is 5.91. The number of para-hydroxylation sites is 2. The molecule has 0 radical (unpaired) electrons. The molecule has 4 fully saturated rings. The predicted octanol–water partition coefficient (Wildman–Crippen LogP) is 5.76. The van der Waals surface area contributed by atoms with Gasteiger partial charge >= 0.3 is 11.7 Å². The number of rotatable bonds is 5. The van der Waals surface area contributed by atoms with Gasteiger partial charge in [0.05, 0.1) is 23.2 Å². The van der Waals surface area contributed by atoms with Crippen molar-refractivity contribution in [2.24, 2.45) is 22.7 Å². The number of carbonyl (C=O) groups excluding carboxylic acids is 1. The molecular weight excluding hydrogens is 474 g/mol. The smallest absolute Gasteiger partial charge is 0.337 e. The first kappa shape index (κ1) is 25.9. The summed E-state index contributed by atoms with van der Waals surface area (Å²) in [6.45, 7) is 13.8. The zero-order valence-corrected chi connectivity index (χ0v) is 22.2. The van der Waals surface area contributed by atoms with E-state index in [1.165, 1.54) is 11.6 Å². The zero-order valence-electron chi connectivity index (χ0n) is 22.2. The number of hydrogen-bond donors (Lipinski definition) is 0. The van der Waals surface area contributed by atoms with Crippen molar-refractivity contribution in [3.63, 3.8) is 0 Å². The third-order valence-electron chi connectivity index (χ3n) is 9.33. The molecule has 2 saturated carbocycles. The Hall–Kier alpha value is -2.71. The number of benzene rings is 1. The Morgan fingerprint density at radius 2 is 1.95 bits per heavy atom. The molecule has 4 aliphatic rings. The fraction of sp³-hybridized carbons (Fsp3) is 0.621. The summed E-state index contributed by atoms with van der Waals surface area (Å²) >= 11 is 0. The van der Waals surface area contributed by atoms with Crippen LogP contribution in [0.4, 0.5) is 5.69 Å². The summed E-state index contributed by atoms with van der Waals surface area (Å²) in [7, 11) is 0. The van der Waals surface area contributed by atoms with Crippen LogP contribution >= 0.6 is 0 Å². The summed E-state index contributed by atoms with van der Waals surface area (Å²) in [5.74, 6) is -0.281. The molecule has 2 aliphatic carbocycles. The number of cyclic esters (lactones) is 1. The number of nitro benzene ring substituents is 1. The maximum Gasteiger partial charge on any atom is 0.337 e. The van der Waals surface area contributed by atoms with Crippen molar-refractivity contribution in [2.45, 2.75) is 77.8 Å². The Bertz CT molecular complexity index is 1140. The fourth-order valence-corrected chi connectivity index (χ4v) is 7.37. The Morgan fingerprint density at radius 1 is 1.19 bits per heavy atom. The second kappa shape index (κ2) is 9.24. The molecule has 6 atom stereocenters. The van der Waals surface area contributed by atoms with Crippen molar-refractivity contribution in [2.75, 3.05) is 13.2 Å². The number of allylic oxidation sites excluding steroid dienone is 2. The third kappa shape index (κ3) is 4.48. The van der Waals surface area contributed by atoms with Crippen LogP contribution in [0.3, 0.4) is 0 Å². The molecule has 8 heteroatoms. The highest BCUT2D eigenvalue weighted by Gasteiger charge is 2.60. The first-order valence-corrected chi connectivity index (χ1v) is 13.2. The molecule has 1 aromatic carbocycles. The van der Waals surface area contributed by atoms with Crippen LogP contribution in [0.2, 0.25) is 0 Å². The number of carbonyl (C=O) groups is 1. The van der Waals surface area contributed by atoms with E-state index in [2.05, 4.69) is 20.4 Å². The molecule has 200 valence electrons. The van der Waals surface area contributed by atoms with Crippen LogP contribution in [0, 0.1) is 32.8 Å². The molecule has 2 heterocycles. The quantitative estimate of drug-likeness (QED) is 0.163. The van der Waals surface area contributed by atoms with E-state index in [1.807, 2.05) is 19.9 Å². The number of hydrogen-bond acceptors (Lipinski definition) is 7. The first-order chi connectivity index (χ1) is 17.4. The number of ether oxygens (including phenoxy) is 4. The topological polar surface area (TPSA) is 97.1 Å². The summed E-state index contributed by atoms with van der Waals surface area (Å²) in [6, 6.07) is 6.19. The van der Waals surface area contributed by atoms with Gasteiger partial charge in [-0.15, -0.1) is 0 Å². The zero-order chi connectivity index (χ0) is 26.6. The molecule has 2 unspecified atom stereocenters. The monoisotopic (exact) mass is 511 g/mol. The van der Waals surface area contributed by atoms with Crippen LogP contribution in [0.25, 0.3) is 0 Å². The average Bonchev–Trinajstić information content (AvgIpc) is 3.18. The molecule has 1 aromatic rings. The van der Waals surface area contributed by atoms with E-state index in [4.69, 9.17) is 18.9 Å². The molecule has 0 spiro atoms. The van der Waals surface area contributed by atoms with E-state index in [-0.39, 0.29) is 40.9 Å². The number of nitrogens with zero attached hydrogens (tertiary/aromatic N) is 1. The van der Waals surface area contributed by atoms with E-state index < -0.39 is 22.8 Å².